The first-order chi connectivity index (χ1) is 14.8. The molecule has 1 heterocycles. The van der Waals surface area contributed by atoms with E-state index in [-0.39, 0.29) is 18.1 Å². The van der Waals surface area contributed by atoms with Crippen LogP contribution in [0.3, 0.4) is 0 Å². The highest BCUT2D eigenvalue weighted by molar-refractivity contribution is 7.03. The van der Waals surface area contributed by atoms with Gasteiger partial charge < -0.3 is 10.2 Å². The van der Waals surface area contributed by atoms with Gasteiger partial charge >= 0.3 is 0 Å². The number of hydrogen-bond acceptors (Lipinski definition) is 5. The predicted molar refractivity (Wildman–Crippen MR) is 118 cm³/mol. The highest BCUT2D eigenvalue weighted by atomic mass is 32.1. The van der Waals surface area contributed by atoms with Crippen LogP contribution in [0.5, 0.6) is 0 Å². The lowest BCUT2D eigenvalue weighted by atomic mass is 9.98. The lowest BCUT2D eigenvalue weighted by molar-refractivity contribution is -0.127. The second-order valence-corrected chi connectivity index (χ2v) is 8.50. The van der Waals surface area contributed by atoms with Crippen LogP contribution in [0.1, 0.15) is 54.8 Å². The Bertz CT molecular complexity index is 1010. The van der Waals surface area contributed by atoms with E-state index in [1.807, 2.05) is 51.1 Å². The van der Waals surface area contributed by atoms with Crippen molar-refractivity contribution in [3.63, 3.8) is 0 Å². The lowest BCUT2D eigenvalue weighted by Gasteiger charge is -2.34. The third-order valence-corrected chi connectivity index (χ3v) is 5.63. The van der Waals surface area contributed by atoms with Gasteiger partial charge in [0.25, 0.3) is 5.91 Å². The van der Waals surface area contributed by atoms with Crippen LogP contribution < -0.4 is 5.32 Å². The summed E-state index contributed by atoms with van der Waals surface area (Å²) in [6, 6.07) is 14.1. The van der Waals surface area contributed by atoms with Crippen molar-refractivity contribution >= 4 is 23.3 Å². The van der Waals surface area contributed by atoms with Crippen molar-refractivity contribution in [3.8, 4) is 0 Å². The van der Waals surface area contributed by atoms with E-state index < -0.39 is 23.3 Å². The van der Waals surface area contributed by atoms with Crippen molar-refractivity contribution in [2.45, 2.75) is 45.3 Å². The molecule has 31 heavy (non-hydrogen) atoms. The lowest BCUT2D eigenvalue weighted by Crippen LogP contribution is -2.50. The molecule has 0 spiro atoms. The van der Waals surface area contributed by atoms with Crippen LogP contribution in [0, 0.1) is 5.82 Å². The van der Waals surface area contributed by atoms with Crippen LogP contribution in [0.4, 0.5) is 4.39 Å². The Morgan fingerprint density at radius 2 is 1.81 bits per heavy atom. The summed E-state index contributed by atoms with van der Waals surface area (Å²) in [7, 11) is 0. The van der Waals surface area contributed by atoms with E-state index in [4.69, 9.17) is 0 Å². The van der Waals surface area contributed by atoms with Crippen molar-refractivity contribution in [1.82, 2.24) is 19.8 Å². The van der Waals surface area contributed by atoms with E-state index in [2.05, 4.69) is 14.9 Å². The number of benzene rings is 2. The maximum absolute atomic E-state index is 13.6. The number of carbonyl (C=O) groups is 2. The van der Waals surface area contributed by atoms with E-state index in [1.165, 1.54) is 29.2 Å². The zero-order chi connectivity index (χ0) is 22.4. The number of aromatic nitrogens is 2. The second kappa shape index (κ2) is 9.78. The van der Waals surface area contributed by atoms with Gasteiger partial charge in [0.15, 0.2) is 5.69 Å². The molecule has 0 aliphatic heterocycles. The molecule has 162 valence electrons. The minimum atomic E-state index is -0.971. The molecule has 0 aliphatic rings. The molecular weight excluding hydrogens is 415 g/mol. The highest BCUT2D eigenvalue weighted by Gasteiger charge is 2.35. The zero-order valence-electron chi connectivity index (χ0n) is 17.7. The average Bonchev–Trinajstić information content (AvgIpc) is 3.29. The fraction of sp³-hybridized carbons (Fsp3) is 0.304. The van der Waals surface area contributed by atoms with Gasteiger partial charge in [0.1, 0.15) is 11.9 Å². The molecule has 8 heteroatoms. The number of carbonyl (C=O) groups excluding carboxylic acids is 2. The number of rotatable bonds is 8. The van der Waals surface area contributed by atoms with E-state index in [0.717, 1.165) is 17.1 Å². The first-order valence-electron chi connectivity index (χ1n) is 10.00. The molecule has 1 atom stereocenters. The number of amides is 2. The molecule has 0 radical (unpaired) electrons. The number of nitrogens with zero attached hydrogens (tertiary/aromatic N) is 3. The largest absolute Gasteiger partial charge is 0.349 e. The van der Waals surface area contributed by atoms with Crippen molar-refractivity contribution < 1.29 is 14.0 Å². The normalized spacial score (nSPS) is 12.3. The van der Waals surface area contributed by atoms with Crippen LogP contribution in [-0.4, -0.2) is 31.8 Å². The fourth-order valence-electron chi connectivity index (χ4n) is 3.07. The van der Waals surface area contributed by atoms with Gasteiger partial charge in [-0.25, -0.2) is 4.39 Å². The summed E-state index contributed by atoms with van der Waals surface area (Å²) in [4.78, 5) is 28.3. The van der Waals surface area contributed by atoms with Gasteiger partial charge in [0, 0.05) is 17.5 Å². The van der Waals surface area contributed by atoms with Gasteiger partial charge in [-0.15, -0.1) is 5.10 Å². The first kappa shape index (κ1) is 22.6. The molecule has 0 fully saturated rings. The molecule has 0 saturated heterocycles. The minimum absolute atomic E-state index is 0.163. The van der Waals surface area contributed by atoms with E-state index in [0.29, 0.717) is 12.0 Å². The molecule has 3 rings (SSSR count). The Balaban J connectivity index is 2.07. The van der Waals surface area contributed by atoms with Gasteiger partial charge in [0.05, 0.1) is 0 Å². The van der Waals surface area contributed by atoms with Crippen LogP contribution in [0.15, 0.2) is 60.0 Å². The number of halogens is 1. The van der Waals surface area contributed by atoms with Crippen LogP contribution in [0.2, 0.25) is 0 Å². The highest BCUT2D eigenvalue weighted by Crippen LogP contribution is 2.27. The Kier molecular flexibility index (Phi) is 7.12. The van der Waals surface area contributed by atoms with Crippen LogP contribution >= 0.6 is 11.5 Å². The monoisotopic (exact) mass is 440 g/mol. The van der Waals surface area contributed by atoms with Crippen LogP contribution in [0.25, 0.3) is 0 Å². The van der Waals surface area contributed by atoms with Crippen LogP contribution in [-0.2, 0) is 11.3 Å². The average molecular weight is 441 g/mol. The van der Waals surface area contributed by atoms with Crippen molar-refractivity contribution in [3.05, 3.63) is 82.6 Å². The molecule has 3 aromatic rings. The summed E-state index contributed by atoms with van der Waals surface area (Å²) in [5, 5.41) is 8.48. The Morgan fingerprint density at radius 1 is 1.13 bits per heavy atom. The summed E-state index contributed by atoms with van der Waals surface area (Å²) in [6.07, 6.45) is 0.706. The molecule has 6 nitrogen and oxygen atoms in total. The molecule has 2 amide bonds. The SMILES string of the molecule is CCC(C)(C)NC(=O)[C@@H](c1ccc(F)cc1)N(Cc1ccccc1)C(=O)c1csnn1. The Labute approximate surface area is 185 Å². The Hall–Kier alpha value is -3.13. The molecule has 0 unspecified atom stereocenters. The Morgan fingerprint density at radius 3 is 2.39 bits per heavy atom. The molecule has 1 N–H and O–H groups in total. The standard InChI is InChI=1S/C23H25FN4O2S/c1-4-23(2,3)25-21(29)20(17-10-12-18(24)13-11-17)28(14-16-8-6-5-7-9-16)22(30)19-15-31-27-26-19/h5-13,15,20H,4,14H2,1-3H3,(H,25,29)/t20-/m1/s1. The molecule has 1 aromatic heterocycles. The first-order valence-corrected chi connectivity index (χ1v) is 10.8. The van der Waals surface area contributed by atoms with Gasteiger partial charge in [-0.3, -0.25) is 9.59 Å². The van der Waals surface area contributed by atoms with Gasteiger partial charge in [-0.2, -0.15) is 0 Å². The predicted octanol–water partition coefficient (Wildman–Crippen LogP) is 4.37. The smallest absolute Gasteiger partial charge is 0.276 e. The van der Waals surface area contributed by atoms with Gasteiger partial charge in [0.2, 0.25) is 5.91 Å². The van der Waals surface area contributed by atoms with Gasteiger partial charge in [-0.1, -0.05) is 53.9 Å². The molecule has 0 saturated carbocycles. The van der Waals surface area contributed by atoms with Crippen molar-refractivity contribution in [2.24, 2.45) is 0 Å². The van der Waals surface area contributed by atoms with Crippen molar-refractivity contribution in [1.29, 1.82) is 0 Å². The zero-order valence-corrected chi connectivity index (χ0v) is 18.5. The number of hydrogen-bond donors (Lipinski definition) is 1. The van der Waals surface area contributed by atoms with E-state index >= 15 is 0 Å². The maximum atomic E-state index is 13.6. The molecular formula is C23H25FN4O2S. The molecule has 0 aliphatic carbocycles. The third-order valence-electron chi connectivity index (χ3n) is 5.13. The molecule has 2 aromatic carbocycles. The molecule has 0 bridgehead atoms. The third kappa shape index (κ3) is 5.73. The van der Waals surface area contributed by atoms with E-state index in [1.54, 1.807) is 5.38 Å². The summed E-state index contributed by atoms with van der Waals surface area (Å²) >= 11 is 1.06. The topological polar surface area (TPSA) is 75.2 Å². The summed E-state index contributed by atoms with van der Waals surface area (Å²) in [5.41, 5.74) is 1.06. The van der Waals surface area contributed by atoms with Gasteiger partial charge in [-0.05, 0) is 55.1 Å². The fourth-order valence-corrected chi connectivity index (χ4v) is 3.50. The van der Waals surface area contributed by atoms with E-state index in [9.17, 15) is 14.0 Å². The summed E-state index contributed by atoms with van der Waals surface area (Å²) in [6.45, 7) is 5.99. The minimum Gasteiger partial charge on any atom is -0.349 e. The summed E-state index contributed by atoms with van der Waals surface area (Å²) < 4.78 is 17.4. The quantitative estimate of drug-likeness (QED) is 0.565. The summed E-state index contributed by atoms with van der Waals surface area (Å²) in [5.74, 6) is -1.18. The number of nitrogens with one attached hydrogen (secondary N) is 1. The van der Waals surface area contributed by atoms with Crippen molar-refractivity contribution in [2.75, 3.05) is 0 Å². The maximum Gasteiger partial charge on any atom is 0.276 e. The second-order valence-electron chi connectivity index (χ2n) is 7.89.